The molecule has 0 aliphatic rings. The van der Waals surface area contributed by atoms with Crippen molar-refractivity contribution in [2.24, 2.45) is 0 Å². The molecule has 0 aliphatic heterocycles. The summed E-state index contributed by atoms with van der Waals surface area (Å²) >= 11 is 0. The molecule has 0 amide bonds. The van der Waals surface area contributed by atoms with Gasteiger partial charge in [-0.15, -0.1) is 0 Å². The lowest BCUT2D eigenvalue weighted by Gasteiger charge is -2.25. The molecule has 1 atom stereocenters. The van der Waals surface area contributed by atoms with E-state index in [1.54, 1.807) is 5.48 Å². The van der Waals surface area contributed by atoms with Crippen molar-refractivity contribution in [3.05, 3.63) is 0 Å². The van der Waals surface area contributed by atoms with Gasteiger partial charge in [0.15, 0.2) is 0 Å². The first-order valence-corrected chi connectivity index (χ1v) is 2.75. The monoisotopic (exact) mass is 135 g/mol. The quantitative estimate of drug-likeness (QED) is 0.378. The summed E-state index contributed by atoms with van der Waals surface area (Å²) in [5.41, 5.74) is 0.698. The van der Waals surface area contributed by atoms with E-state index < -0.39 is 11.6 Å². The Morgan fingerprint density at radius 1 is 1.56 bits per heavy atom. The van der Waals surface area contributed by atoms with Crippen molar-refractivity contribution in [3.63, 3.8) is 0 Å². The predicted molar refractivity (Wildman–Crippen MR) is 32.1 cm³/mol. The lowest BCUT2D eigenvalue weighted by Crippen LogP contribution is -2.47. The Kier molecular flexibility index (Phi) is 3.07. The van der Waals surface area contributed by atoms with Gasteiger partial charge in [-0.05, 0) is 13.8 Å². The van der Waals surface area contributed by atoms with Crippen LogP contribution in [0.25, 0.3) is 0 Å². The van der Waals surface area contributed by atoms with Crippen LogP contribution in [0, 0.1) is 0 Å². The normalized spacial score (nSPS) is 15.7. The Morgan fingerprint density at radius 3 is 2.00 bits per heavy atom. The molecule has 0 spiro atoms. The summed E-state index contributed by atoms with van der Waals surface area (Å²) < 4.78 is 0. The predicted octanol–water partition coefficient (Wildman–Crippen LogP) is -0.903. The number of rotatable bonds is 3. The zero-order valence-corrected chi connectivity index (χ0v) is 5.63. The summed E-state index contributed by atoms with van der Waals surface area (Å²) in [4.78, 5) is 0. The summed E-state index contributed by atoms with van der Waals surface area (Å²) in [6.45, 7) is 2.70. The smallest absolute Gasteiger partial charge is 0.0832 e. The van der Waals surface area contributed by atoms with E-state index in [1.165, 1.54) is 13.8 Å². The molecule has 0 aromatic heterocycles. The van der Waals surface area contributed by atoms with Crippen LogP contribution >= 0.6 is 0 Å². The molecule has 0 heterocycles. The van der Waals surface area contributed by atoms with E-state index in [2.05, 4.69) is 0 Å². The Labute approximate surface area is 54.1 Å². The van der Waals surface area contributed by atoms with Gasteiger partial charge in [-0.3, -0.25) is 0 Å². The summed E-state index contributed by atoms with van der Waals surface area (Å²) in [6.07, 6.45) is 0. The average Bonchev–Trinajstić information content (AvgIpc) is 1.65. The van der Waals surface area contributed by atoms with E-state index in [9.17, 15) is 0 Å². The third kappa shape index (κ3) is 2.76. The minimum atomic E-state index is -1.09. The highest BCUT2D eigenvalue weighted by molar-refractivity contribution is 4.79. The Morgan fingerprint density at radius 2 is 2.00 bits per heavy atom. The first-order valence-electron chi connectivity index (χ1n) is 2.75. The molecule has 4 nitrogen and oxygen atoms in total. The Bertz CT molecular complexity index is 74.8. The van der Waals surface area contributed by atoms with Crippen LogP contribution in [0.5, 0.6) is 0 Å². The maximum Gasteiger partial charge on any atom is 0.0832 e. The third-order valence-corrected chi connectivity index (χ3v) is 1.19. The SMILES string of the molecule is CC(C)(O)C(CO)NO. The molecule has 4 heteroatoms. The van der Waals surface area contributed by atoms with Gasteiger partial charge >= 0.3 is 0 Å². The van der Waals surface area contributed by atoms with Gasteiger partial charge in [-0.25, -0.2) is 0 Å². The summed E-state index contributed by atoms with van der Waals surface area (Å²) in [5.74, 6) is 0. The Balaban J connectivity index is 3.79. The molecule has 0 rings (SSSR count). The van der Waals surface area contributed by atoms with Crippen LogP contribution < -0.4 is 5.48 Å². The van der Waals surface area contributed by atoms with Crippen LogP contribution in [0.2, 0.25) is 0 Å². The van der Waals surface area contributed by atoms with E-state index >= 15 is 0 Å². The minimum Gasteiger partial charge on any atom is -0.395 e. The van der Waals surface area contributed by atoms with Gasteiger partial charge in [-0.2, -0.15) is 5.48 Å². The van der Waals surface area contributed by atoms with Gasteiger partial charge in [0.25, 0.3) is 0 Å². The zero-order chi connectivity index (χ0) is 7.49. The van der Waals surface area contributed by atoms with Gasteiger partial charge in [0.1, 0.15) is 0 Å². The molecular formula is C5H13NO3. The second-order valence-corrected chi connectivity index (χ2v) is 2.52. The van der Waals surface area contributed by atoms with Crippen molar-refractivity contribution in [2.75, 3.05) is 6.61 Å². The van der Waals surface area contributed by atoms with Crippen LogP contribution in [0.15, 0.2) is 0 Å². The standard InChI is InChI=1S/C5H13NO3/c1-5(2,8)4(3-7)6-9/h4,6-9H,3H2,1-2H3. The fourth-order valence-electron chi connectivity index (χ4n) is 0.422. The molecule has 0 saturated carbocycles. The summed E-state index contributed by atoms with van der Waals surface area (Å²) in [6, 6.07) is -0.683. The maximum atomic E-state index is 9.09. The molecule has 4 N–H and O–H groups in total. The van der Waals surface area contributed by atoms with Gasteiger partial charge < -0.3 is 15.4 Å². The van der Waals surface area contributed by atoms with Crippen LogP contribution in [0.1, 0.15) is 13.8 Å². The molecule has 0 aliphatic carbocycles. The topological polar surface area (TPSA) is 72.7 Å². The largest absolute Gasteiger partial charge is 0.395 e. The number of aliphatic hydroxyl groups excluding tert-OH is 1. The first kappa shape index (κ1) is 8.84. The molecule has 0 bridgehead atoms. The highest BCUT2D eigenvalue weighted by Gasteiger charge is 2.24. The Hall–Kier alpha value is -0.160. The molecular weight excluding hydrogens is 122 g/mol. The van der Waals surface area contributed by atoms with Crippen LogP contribution in [0.4, 0.5) is 0 Å². The van der Waals surface area contributed by atoms with Crippen molar-refractivity contribution in [1.29, 1.82) is 0 Å². The molecule has 0 aromatic carbocycles. The van der Waals surface area contributed by atoms with Crippen molar-refractivity contribution < 1.29 is 15.4 Å². The lowest BCUT2D eigenvalue weighted by molar-refractivity contribution is -0.0382. The second-order valence-electron chi connectivity index (χ2n) is 2.52. The van der Waals surface area contributed by atoms with Gasteiger partial charge in [-0.1, -0.05) is 0 Å². The van der Waals surface area contributed by atoms with Gasteiger partial charge in [0.2, 0.25) is 0 Å². The molecule has 0 aromatic rings. The van der Waals surface area contributed by atoms with Crippen LogP contribution in [-0.4, -0.2) is 33.7 Å². The van der Waals surface area contributed by atoms with E-state index in [1.807, 2.05) is 0 Å². The number of nitrogens with one attached hydrogen (secondary N) is 1. The molecule has 9 heavy (non-hydrogen) atoms. The highest BCUT2D eigenvalue weighted by Crippen LogP contribution is 2.06. The lowest BCUT2D eigenvalue weighted by atomic mass is 10.0. The fraction of sp³-hybridized carbons (Fsp3) is 1.00. The van der Waals surface area contributed by atoms with Gasteiger partial charge in [0.05, 0.1) is 18.2 Å². The van der Waals surface area contributed by atoms with E-state index in [-0.39, 0.29) is 6.61 Å². The average molecular weight is 135 g/mol. The van der Waals surface area contributed by atoms with E-state index in [0.29, 0.717) is 0 Å². The van der Waals surface area contributed by atoms with Crippen molar-refractivity contribution in [1.82, 2.24) is 5.48 Å². The fourth-order valence-corrected chi connectivity index (χ4v) is 0.422. The minimum absolute atomic E-state index is 0.292. The molecule has 1 unspecified atom stereocenters. The molecule has 0 fully saturated rings. The summed E-state index contributed by atoms with van der Waals surface area (Å²) in [5, 5.41) is 25.9. The number of hydroxylamine groups is 1. The van der Waals surface area contributed by atoms with Crippen molar-refractivity contribution in [3.8, 4) is 0 Å². The van der Waals surface area contributed by atoms with Crippen LogP contribution in [0.3, 0.4) is 0 Å². The molecule has 0 radical (unpaired) electrons. The highest BCUT2D eigenvalue weighted by atomic mass is 16.5. The van der Waals surface area contributed by atoms with Crippen molar-refractivity contribution >= 4 is 0 Å². The maximum absolute atomic E-state index is 9.09. The number of hydrogen-bond donors (Lipinski definition) is 4. The van der Waals surface area contributed by atoms with E-state index in [0.717, 1.165) is 0 Å². The van der Waals surface area contributed by atoms with Gasteiger partial charge in [0, 0.05) is 0 Å². The number of aliphatic hydroxyl groups is 2. The van der Waals surface area contributed by atoms with Crippen LogP contribution in [-0.2, 0) is 0 Å². The summed E-state index contributed by atoms with van der Waals surface area (Å²) in [7, 11) is 0. The third-order valence-electron chi connectivity index (χ3n) is 1.19. The van der Waals surface area contributed by atoms with Crippen molar-refractivity contribution in [2.45, 2.75) is 25.5 Å². The molecule has 56 valence electrons. The second kappa shape index (κ2) is 3.12. The zero-order valence-electron chi connectivity index (χ0n) is 5.63. The number of hydrogen-bond acceptors (Lipinski definition) is 4. The molecule has 0 saturated heterocycles. The first-order chi connectivity index (χ1) is 4.02. The van der Waals surface area contributed by atoms with E-state index in [4.69, 9.17) is 15.4 Å².